The van der Waals surface area contributed by atoms with Crippen molar-refractivity contribution in [1.29, 1.82) is 0 Å². The van der Waals surface area contributed by atoms with Gasteiger partial charge in [-0.3, -0.25) is 0 Å². The summed E-state index contributed by atoms with van der Waals surface area (Å²) in [4.78, 5) is 0.307. The van der Waals surface area contributed by atoms with Gasteiger partial charge in [0.2, 0.25) is 10.0 Å². The first-order valence-electron chi connectivity index (χ1n) is 9.90. The van der Waals surface area contributed by atoms with Crippen LogP contribution in [-0.4, -0.2) is 53.1 Å². The number of sulfonamides is 1. The second kappa shape index (κ2) is 11.5. The van der Waals surface area contributed by atoms with Gasteiger partial charge >= 0.3 is 0 Å². The Hall–Kier alpha value is -0.670. The molecule has 0 bridgehead atoms. The van der Waals surface area contributed by atoms with Crippen LogP contribution in [0.4, 0.5) is 0 Å². The highest BCUT2D eigenvalue weighted by atomic mass is 35.5. The van der Waals surface area contributed by atoms with Crippen LogP contribution in [0, 0.1) is 0 Å². The molecule has 0 aromatic heterocycles. The van der Waals surface area contributed by atoms with Crippen LogP contribution in [0.25, 0.3) is 0 Å². The molecule has 1 unspecified atom stereocenters. The molecule has 1 atom stereocenters. The Balaban J connectivity index is 0.00000392. The van der Waals surface area contributed by atoms with Gasteiger partial charge in [-0.2, -0.15) is 4.31 Å². The summed E-state index contributed by atoms with van der Waals surface area (Å²) in [6, 6.07) is 5.57. The first-order chi connectivity index (χ1) is 12.8. The number of unbranched alkanes of at least 4 members (excludes halogenated alkanes) is 5. The van der Waals surface area contributed by atoms with Crippen molar-refractivity contribution in [2.45, 2.75) is 67.7 Å². The molecule has 1 fully saturated rings. The summed E-state index contributed by atoms with van der Waals surface area (Å²) in [6.07, 6.45) is 9.14. The van der Waals surface area contributed by atoms with Gasteiger partial charge in [0.25, 0.3) is 0 Å². The summed E-state index contributed by atoms with van der Waals surface area (Å²) in [5, 5.41) is 2.18. The number of quaternary nitrogens is 1. The van der Waals surface area contributed by atoms with Crippen molar-refractivity contribution in [3.8, 4) is 0 Å². The third kappa shape index (κ3) is 6.99. The molecule has 1 aliphatic rings. The minimum Gasteiger partial charge on any atom is -1.00 e. The van der Waals surface area contributed by atoms with Crippen LogP contribution in [-0.2, 0) is 19.9 Å². The molecule has 1 heterocycles. The second-order valence-corrected chi connectivity index (χ2v) is 11.3. The van der Waals surface area contributed by atoms with Crippen LogP contribution < -0.4 is 17.7 Å². The van der Waals surface area contributed by atoms with E-state index in [-0.39, 0.29) is 28.2 Å². The zero-order chi connectivity index (χ0) is 19.9. The first kappa shape index (κ1) is 25.4. The van der Waals surface area contributed by atoms with E-state index in [0.717, 1.165) is 38.6 Å². The fourth-order valence-electron chi connectivity index (χ4n) is 3.56. The fourth-order valence-corrected chi connectivity index (χ4v) is 5.87. The molecule has 6 nitrogen and oxygen atoms in total. The quantitative estimate of drug-likeness (QED) is 0.451. The number of nitrogens with two attached hydrogens (primary N) is 1. The lowest BCUT2D eigenvalue weighted by molar-refractivity contribution is -0.667. The molecule has 0 saturated carbocycles. The Morgan fingerprint density at radius 1 is 0.964 bits per heavy atom. The number of halogens is 1. The molecule has 2 rings (SSSR count). The third-order valence-electron chi connectivity index (χ3n) is 5.15. The predicted molar refractivity (Wildman–Crippen MR) is 107 cm³/mol. The molecular formula is C19H33ClN2O4S2. The van der Waals surface area contributed by atoms with E-state index in [1.807, 2.05) is 0 Å². The number of piperazine rings is 1. The van der Waals surface area contributed by atoms with E-state index < -0.39 is 19.9 Å². The van der Waals surface area contributed by atoms with E-state index in [9.17, 15) is 16.8 Å². The van der Waals surface area contributed by atoms with Crippen molar-refractivity contribution < 1.29 is 34.6 Å². The Bertz CT molecular complexity index is 796. The van der Waals surface area contributed by atoms with Gasteiger partial charge in [-0.25, -0.2) is 16.8 Å². The zero-order valence-corrected chi connectivity index (χ0v) is 19.2. The average molecular weight is 453 g/mol. The maximum Gasteiger partial charge on any atom is 0.243 e. The zero-order valence-electron chi connectivity index (χ0n) is 16.8. The monoisotopic (exact) mass is 452 g/mol. The summed E-state index contributed by atoms with van der Waals surface area (Å²) in [5.41, 5.74) is 0. The lowest BCUT2D eigenvalue weighted by atomic mass is 10.0. The number of benzene rings is 1. The summed E-state index contributed by atoms with van der Waals surface area (Å²) in [6.45, 7) is 4.24. The van der Waals surface area contributed by atoms with E-state index >= 15 is 0 Å². The molecule has 1 saturated heterocycles. The topological polar surface area (TPSA) is 88.1 Å². The smallest absolute Gasteiger partial charge is 0.243 e. The molecule has 1 aromatic carbocycles. The summed E-state index contributed by atoms with van der Waals surface area (Å²) >= 11 is 0. The van der Waals surface area contributed by atoms with Gasteiger partial charge in [0, 0.05) is 6.26 Å². The van der Waals surface area contributed by atoms with Crippen LogP contribution in [0.5, 0.6) is 0 Å². The van der Waals surface area contributed by atoms with Crippen LogP contribution in [0.15, 0.2) is 34.1 Å². The molecule has 0 radical (unpaired) electrons. The van der Waals surface area contributed by atoms with E-state index in [0.29, 0.717) is 6.54 Å². The van der Waals surface area contributed by atoms with Crippen molar-refractivity contribution in [2.75, 3.05) is 25.9 Å². The predicted octanol–water partition coefficient (Wildman–Crippen LogP) is -1.22. The highest BCUT2D eigenvalue weighted by Crippen LogP contribution is 2.23. The molecule has 2 N–H and O–H groups in total. The molecule has 162 valence electrons. The normalized spacial score (nSPS) is 18.6. The van der Waals surface area contributed by atoms with E-state index in [2.05, 4.69) is 12.2 Å². The molecule has 1 aliphatic heterocycles. The van der Waals surface area contributed by atoms with Gasteiger partial charge in [0.15, 0.2) is 9.84 Å². The van der Waals surface area contributed by atoms with Crippen LogP contribution in [0.3, 0.4) is 0 Å². The van der Waals surface area contributed by atoms with Crippen LogP contribution in [0.1, 0.15) is 51.9 Å². The molecule has 9 heteroatoms. The Morgan fingerprint density at radius 3 is 2.14 bits per heavy atom. The van der Waals surface area contributed by atoms with Gasteiger partial charge in [-0.15, -0.1) is 0 Å². The van der Waals surface area contributed by atoms with Gasteiger partial charge < -0.3 is 17.7 Å². The fraction of sp³-hybridized carbons (Fsp3) is 0.684. The Kier molecular flexibility index (Phi) is 10.4. The summed E-state index contributed by atoms with van der Waals surface area (Å²) in [7, 11) is -6.94. The maximum absolute atomic E-state index is 13.1. The molecule has 0 spiro atoms. The molecule has 1 aromatic rings. The van der Waals surface area contributed by atoms with Crippen LogP contribution >= 0.6 is 0 Å². The van der Waals surface area contributed by atoms with Crippen molar-refractivity contribution in [1.82, 2.24) is 4.31 Å². The van der Waals surface area contributed by atoms with Gasteiger partial charge in [-0.1, -0.05) is 45.4 Å². The van der Waals surface area contributed by atoms with Crippen molar-refractivity contribution in [3.05, 3.63) is 24.3 Å². The number of hydrogen-bond acceptors (Lipinski definition) is 4. The standard InChI is InChI=1S/C19H32N2O4S2.ClH/c1-3-4-5-6-7-8-9-17-16-20-14-15-21(17)27(24,25)19-12-10-18(11-13-19)26(2,22)23;/h10-13,17,20H,3-9,14-16H2,1-2H3;1H. The lowest BCUT2D eigenvalue weighted by Crippen LogP contribution is -3.00. The molecule has 28 heavy (non-hydrogen) atoms. The van der Waals surface area contributed by atoms with Gasteiger partial charge in [0.1, 0.15) is 0 Å². The van der Waals surface area contributed by atoms with E-state index in [1.54, 1.807) is 4.31 Å². The molecule has 0 amide bonds. The molecule has 0 aliphatic carbocycles. The number of nitrogens with zero attached hydrogens (tertiary/aromatic N) is 1. The second-order valence-electron chi connectivity index (χ2n) is 7.38. The van der Waals surface area contributed by atoms with E-state index in [4.69, 9.17) is 0 Å². The molecular weight excluding hydrogens is 420 g/mol. The van der Waals surface area contributed by atoms with Gasteiger partial charge in [-0.05, 0) is 30.7 Å². The van der Waals surface area contributed by atoms with Gasteiger partial charge in [0.05, 0.1) is 35.5 Å². The number of hydrogen-bond donors (Lipinski definition) is 1. The van der Waals surface area contributed by atoms with Crippen molar-refractivity contribution >= 4 is 19.9 Å². The van der Waals surface area contributed by atoms with Crippen molar-refractivity contribution in [3.63, 3.8) is 0 Å². The Morgan fingerprint density at radius 2 is 1.54 bits per heavy atom. The lowest BCUT2D eigenvalue weighted by Gasteiger charge is -2.33. The minimum atomic E-state index is -3.61. The Labute approximate surface area is 176 Å². The number of sulfone groups is 1. The first-order valence-corrected chi connectivity index (χ1v) is 13.2. The highest BCUT2D eigenvalue weighted by molar-refractivity contribution is 7.90. The van der Waals surface area contributed by atoms with Crippen molar-refractivity contribution in [2.24, 2.45) is 0 Å². The summed E-state index contributed by atoms with van der Waals surface area (Å²) in [5.74, 6) is 0. The third-order valence-corrected chi connectivity index (χ3v) is 8.24. The van der Waals surface area contributed by atoms with Crippen LogP contribution in [0.2, 0.25) is 0 Å². The highest BCUT2D eigenvalue weighted by Gasteiger charge is 2.35. The van der Waals surface area contributed by atoms with E-state index in [1.165, 1.54) is 49.9 Å². The minimum absolute atomic E-state index is 0. The SMILES string of the molecule is CCCCCCCCC1C[NH2+]CCN1S(=O)(=O)c1ccc(S(C)(=O)=O)cc1.[Cl-]. The maximum atomic E-state index is 13.1. The average Bonchev–Trinajstić information content (AvgIpc) is 2.64. The largest absolute Gasteiger partial charge is 1.00 e. The summed E-state index contributed by atoms with van der Waals surface area (Å²) < 4.78 is 51.0. The number of rotatable bonds is 10.